The molecule has 3 N–H and O–H groups in total. The van der Waals surface area contributed by atoms with Crippen molar-refractivity contribution in [1.82, 2.24) is 0 Å². The van der Waals surface area contributed by atoms with Crippen molar-refractivity contribution in [2.24, 2.45) is 5.73 Å². The van der Waals surface area contributed by atoms with Gasteiger partial charge in [0.1, 0.15) is 5.82 Å². The molecular formula is C16H17FN2O. The Balaban J connectivity index is 2.09. The number of carbonyl (C=O) groups is 1. The van der Waals surface area contributed by atoms with E-state index >= 15 is 0 Å². The maximum atomic E-state index is 13.0. The monoisotopic (exact) mass is 272 g/mol. The van der Waals surface area contributed by atoms with Crippen molar-refractivity contribution >= 4 is 11.6 Å². The minimum Gasteiger partial charge on any atom is -0.326 e. The minimum absolute atomic E-state index is 0.138. The molecule has 1 amide bonds. The topological polar surface area (TPSA) is 55.1 Å². The summed E-state index contributed by atoms with van der Waals surface area (Å²) in [5.41, 5.74) is 8.84. The van der Waals surface area contributed by atoms with Crippen LogP contribution < -0.4 is 11.1 Å². The first kappa shape index (κ1) is 14.2. The van der Waals surface area contributed by atoms with Gasteiger partial charge in [0, 0.05) is 12.2 Å². The second-order valence-electron chi connectivity index (χ2n) is 4.66. The average molecular weight is 272 g/mol. The van der Waals surface area contributed by atoms with E-state index in [0.717, 1.165) is 11.1 Å². The summed E-state index contributed by atoms with van der Waals surface area (Å²) in [5.74, 6) is -0.449. The van der Waals surface area contributed by atoms with Crippen LogP contribution in [-0.2, 0) is 17.8 Å². The van der Waals surface area contributed by atoms with Crippen molar-refractivity contribution in [2.45, 2.75) is 19.9 Å². The lowest BCUT2D eigenvalue weighted by atomic mass is 10.0. The third-order valence-electron chi connectivity index (χ3n) is 3.15. The van der Waals surface area contributed by atoms with Crippen molar-refractivity contribution in [1.29, 1.82) is 0 Å². The lowest BCUT2D eigenvalue weighted by molar-refractivity contribution is -0.115. The predicted octanol–water partition coefficient (Wildman–Crippen LogP) is 2.77. The number of benzene rings is 2. The van der Waals surface area contributed by atoms with Crippen LogP contribution in [0.5, 0.6) is 0 Å². The summed E-state index contributed by atoms with van der Waals surface area (Å²) in [7, 11) is 0. The molecule has 0 atom stereocenters. The standard InChI is InChI=1S/C16H17FN2O/c1-11-8-14(17)6-7-15(11)19-16(20)9-12-4-2-3-5-13(12)10-18/h2-8H,9-10,18H2,1H3,(H,19,20). The molecule has 0 heterocycles. The second kappa shape index (κ2) is 6.30. The van der Waals surface area contributed by atoms with E-state index in [2.05, 4.69) is 5.32 Å². The third kappa shape index (κ3) is 3.42. The molecule has 0 saturated heterocycles. The van der Waals surface area contributed by atoms with Gasteiger partial charge < -0.3 is 11.1 Å². The van der Waals surface area contributed by atoms with E-state index < -0.39 is 0 Å². The fourth-order valence-corrected chi connectivity index (χ4v) is 2.06. The number of nitrogens with two attached hydrogens (primary N) is 1. The number of hydrogen-bond donors (Lipinski definition) is 2. The first-order valence-electron chi connectivity index (χ1n) is 6.43. The number of anilines is 1. The van der Waals surface area contributed by atoms with Gasteiger partial charge in [0.05, 0.1) is 6.42 Å². The molecule has 3 nitrogen and oxygen atoms in total. The Hall–Kier alpha value is -2.20. The van der Waals surface area contributed by atoms with Gasteiger partial charge in [-0.25, -0.2) is 4.39 Å². The number of halogens is 1. The van der Waals surface area contributed by atoms with Crippen LogP contribution in [0.3, 0.4) is 0 Å². The normalized spacial score (nSPS) is 10.3. The smallest absolute Gasteiger partial charge is 0.228 e. The zero-order chi connectivity index (χ0) is 14.5. The largest absolute Gasteiger partial charge is 0.326 e. The molecule has 0 bridgehead atoms. The Morgan fingerprint density at radius 2 is 1.90 bits per heavy atom. The van der Waals surface area contributed by atoms with E-state index in [4.69, 9.17) is 5.73 Å². The summed E-state index contributed by atoms with van der Waals surface area (Å²) in [6.07, 6.45) is 0.254. The van der Waals surface area contributed by atoms with E-state index in [1.807, 2.05) is 24.3 Å². The van der Waals surface area contributed by atoms with E-state index in [1.165, 1.54) is 12.1 Å². The van der Waals surface area contributed by atoms with Crippen LogP contribution in [0.25, 0.3) is 0 Å². The molecule has 4 heteroatoms. The van der Waals surface area contributed by atoms with Gasteiger partial charge in [0.25, 0.3) is 0 Å². The van der Waals surface area contributed by atoms with Crippen LogP contribution in [0, 0.1) is 12.7 Å². The van der Waals surface area contributed by atoms with Gasteiger partial charge in [-0.15, -0.1) is 0 Å². The Bertz CT molecular complexity index is 626. The molecule has 0 aliphatic heterocycles. The average Bonchev–Trinajstić information content (AvgIpc) is 2.42. The highest BCUT2D eigenvalue weighted by Crippen LogP contribution is 2.16. The SMILES string of the molecule is Cc1cc(F)ccc1NC(=O)Cc1ccccc1CN. The lowest BCUT2D eigenvalue weighted by Crippen LogP contribution is -2.16. The lowest BCUT2D eigenvalue weighted by Gasteiger charge is -2.10. The van der Waals surface area contributed by atoms with Crippen molar-refractivity contribution in [3.8, 4) is 0 Å². The van der Waals surface area contributed by atoms with Crippen molar-refractivity contribution < 1.29 is 9.18 Å². The van der Waals surface area contributed by atoms with Gasteiger partial charge >= 0.3 is 0 Å². The summed E-state index contributed by atoms with van der Waals surface area (Å²) in [6.45, 7) is 2.16. The molecule has 20 heavy (non-hydrogen) atoms. The van der Waals surface area contributed by atoms with Gasteiger partial charge in [-0.1, -0.05) is 24.3 Å². The molecule has 2 aromatic rings. The molecule has 0 radical (unpaired) electrons. The third-order valence-corrected chi connectivity index (χ3v) is 3.15. The Labute approximate surface area is 117 Å². The van der Waals surface area contributed by atoms with Gasteiger partial charge in [-0.3, -0.25) is 4.79 Å². The highest BCUT2D eigenvalue weighted by atomic mass is 19.1. The maximum absolute atomic E-state index is 13.0. The maximum Gasteiger partial charge on any atom is 0.228 e. The van der Waals surface area contributed by atoms with Crippen molar-refractivity contribution in [3.05, 3.63) is 65.0 Å². The quantitative estimate of drug-likeness (QED) is 0.899. The van der Waals surface area contributed by atoms with Crippen LogP contribution in [0.2, 0.25) is 0 Å². The number of carbonyl (C=O) groups excluding carboxylic acids is 1. The van der Waals surface area contributed by atoms with Gasteiger partial charge in [-0.05, 0) is 41.8 Å². The van der Waals surface area contributed by atoms with E-state index in [1.54, 1.807) is 13.0 Å². The Morgan fingerprint density at radius 1 is 1.20 bits per heavy atom. The van der Waals surface area contributed by atoms with Gasteiger partial charge in [0.2, 0.25) is 5.91 Å². The number of rotatable bonds is 4. The fourth-order valence-electron chi connectivity index (χ4n) is 2.06. The Morgan fingerprint density at radius 3 is 2.55 bits per heavy atom. The van der Waals surface area contributed by atoms with Crippen LogP contribution in [0.4, 0.5) is 10.1 Å². The first-order valence-corrected chi connectivity index (χ1v) is 6.43. The van der Waals surface area contributed by atoms with E-state index in [0.29, 0.717) is 17.8 Å². The highest BCUT2D eigenvalue weighted by Gasteiger charge is 2.09. The fraction of sp³-hybridized carbons (Fsp3) is 0.188. The summed E-state index contributed by atoms with van der Waals surface area (Å²) in [4.78, 5) is 12.0. The second-order valence-corrected chi connectivity index (χ2v) is 4.66. The zero-order valence-corrected chi connectivity index (χ0v) is 11.3. The predicted molar refractivity (Wildman–Crippen MR) is 77.8 cm³/mol. The molecule has 0 aliphatic carbocycles. The van der Waals surface area contributed by atoms with Gasteiger partial charge in [-0.2, -0.15) is 0 Å². The van der Waals surface area contributed by atoms with Crippen LogP contribution >= 0.6 is 0 Å². The molecule has 0 saturated carbocycles. The Kier molecular flexibility index (Phi) is 4.48. The summed E-state index contributed by atoms with van der Waals surface area (Å²) < 4.78 is 13.0. The molecule has 0 fully saturated rings. The van der Waals surface area contributed by atoms with Crippen LogP contribution in [-0.4, -0.2) is 5.91 Å². The van der Waals surface area contributed by atoms with Crippen LogP contribution in [0.1, 0.15) is 16.7 Å². The summed E-state index contributed by atoms with van der Waals surface area (Å²) in [5, 5.41) is 2.79. The number of aryl methyl sites for hydroxylation is 1. The number of hydrogen-bond acceptors (Lipinski definition) is 2. The molecule has 2 aromatic carbocycles. The zero-order valence-electron chi connectivity index (χ0n) is 11.3. The molecule has 104 valence electrons. The highest BCUT2D eigenvalue weighted by molar-refractivity contribution is 5.93. The molecular weight excluding hydrogens is 255 g/mol. The van der Waals surface area contributed by atoms with E-state index in [-0.39, 0.29) is 18.1 Å². The van der Waals surface area contributed by atoms with E-state index in [9.17, 15) is 9.18 Å². The summed E-state index contributed by atoms with van der Waals surface area (Å²) >= 11 is 0. The molecule has 0 unspecified atom stereocenters. The first-order chi connectivity index (χ1) is 9.60. The molecule has 0 aromatic heterocycles. The van der Waals surface area contributed by atoms with Crippen LogP contribution in [0.15, 0.2) is 42.5 Å². The number of amides is 1. The summed E-state index contributed by atoms with van der Waals surface area (Å²) in [6, 6.07) is 11.9. The molecule has 0 spiro atoms. The minimum atomic E-state index is -0.311. The number of nitrogens with one attached hydrogen (secondary N) is 1. The van der Waals surface area contributed by atoms with Crippen molar-refractivity contribution in [2.75, 3.05) is 5.32 Å². The van der Waals surface area contributed by atoms with Gasteiger partial charge in [0.15, 0.2) is 0 Å². The van der Waals surface area contributed by atoms with Crippen molar-refractivity contribution in [3.63, 3.8) is 0 Å². The molecule has 0 aliphatic rings. The molecule has 2 rings (SSSR count).